The maximum Gasteiger partial charge on any atom is 0.408 e. The summed E-state index contributed by atoms with van der Waals surface area (Å²) < 4.78 is 16.1. The standard InChI is InChI=1S/C32H44Cl3N3O6Si/c1-22(44-45(31(5,6)7,23-15-10-8-11-16-23)24-17-12-9-13-18-24)26(36-29(41)43-30(2,3)4)27(39)38-20-14-19-25(37-38)28(40)42-21-32(33,34)35/h8-13,15-18,22,25-26,37H,14,19-21H2,1-7H3,(H,36,41). The second-order valence-corrected chi connectivity index (χ2v) is 19.9. The SMILES string of the molecule is CC(O[Si](c1ccccc1)(c1ccccc1)C(C)(C)C)C(NC(=O)OC(C)(C)C)C(=O)N1CCCC(C(=O)OCC(Cl)(Cl)Cl)N1. The van der Waals surface area contributed by atoms with Gasteiger partial charge in [0.2, 0.25) is 3.79 Å². The van der Waals surface area contributed by atoms with Crippen molar-refractivity contribution in [3.63, 3.8) is 0 Å². The molecule has 2 aromatic rings. The molecule has 45 heavy (non-hydrogen) atoms. The van der Waals surface area contributed by atoms with Gasteiger partial charge in [0.15, 0.2) is 0 Å². The van der Waals surface area contributed by atoms with E-state index in [4.69, 9.17) is 48.7 Å². The van der Waals surface area contributed by atoms with E-state index in [2.05, 4.69) is 55.8 Å². The van der Waals surface area contributed by atoms with E-state index in [9.17, 15) is 14.4 Å². The molecular formula is C32H44Cl3N3O6Si. The molecule has 0 saturated carbocycles. The Labute approximate surface area is 282 Å². The monoisotopic (exact) mass is 699 g/mol. The van der Waals surface area contributed by atoms with Crippen LogP contribution in [0, 0.1) is 0 Å². The molecule has 0 spiro atoms. The molecule has 1 fully saturated rings. The summed E-state index contributed by atoms with van der Waals surface area (Å²) in [7, 11) is -3.12. The average molecular weight is 701 g/mol. The van der Waals surface area contributed by atoms with Crippen molar-refractivity contribution >= 4 is 71.5 Å². The van der Waals surface area contributed by atoms with Crippen molar-refractivity contribution in [1.82, 2.24) is 15.8 Å². The number of hydrogen-bond donors (Lipinski definition) is 2. The quantitative estimate of drug-likeness (QED) is 0.209. The second-order valence-electron chi connectivity index (χ2n) is 13.1. The number of rotatable bonds is 9. The third kappa shape index (κ3) is 10.1. The molecular weight excluding hydrogens is 657 g/mol. The fraction of sp³-hybridized carbons (Fsp3) is 0.531. The Bertz CT molecular complexity index is 1260. The van der Waals surface area contributed by atoms with Gasteiger partial charge >= 0.3 is 12.1 Å². The van der Waals surface area contributed by atoms with Gasteiger partial charge in [-0.2, -0.15) is 0 Å². The van der Waals surface area contributed by atoms with Gasteiger partial charge in [-0.05, 0) is 55.9 Å². The average Bonchev–Trinajstić information content (AvgIpc) is 2.96. The van der Waals surface area contributed by atoms with Gasteiger partial charge in [-0.15, -0.1) is 0 Å². The number of halogens is 3. The highest BCUT2D eigenvalue weighted by atomic mass is 35.6. The number of amides is 2. The maximum absolute atomic E-state index is 14.2. The third-order valence-electron chi connectivity index (χ3n) is 7.30. The first-order chi connectivity index (χ1) is 20.8. The zero-order chi connectivity index (χ0) is 33.6. The summed E-state index contributed by atoms with van der Waals surface area (Å²) in [6.07, 6.45) is -0.694. The van der Waals surface area contributed by atoms with Gasteiger partial charge < -0.3 is 19.2 Å². The number of hydrogen-bond acceptors (Lipinski definition) is 7. The fourth-order valence-electron chi connectivity index (χ4n) is 5.39. The minimum absolute atomic E-state index is 0.283. The van der Waals surface area contributed by atoms with E-state index in [1.807, 2.05) is 36.4 Å². The first-order valence-electron chi connectivity index (χ1n) is 14.9. The Kier molecular flexibility index (Phi) is 12.4. The summed E-state index contributed by atoms with van der Waals surface area (Å²) in [4.78, 5) is 40.1. The predicted octanol–water partition coefficient (Wildman–Crippen LogP) is 5.25. The van der Waals surface area contributed by atoms with Gasteiger partial charge in [0.05, 0.1) is 6.10 Å². The molecule has 0 aliphatic carbocycles. The molecule has 0 radical (unpaired) electrons. The Morgan fingerprint density at radius 1 is 0.956 bits per heavy atom. The number of alkyl carbamates (subject to hydrolysis) is 1. The first kappa shape index (κ1) is 37.1. The van der Waals surface area contributed by atoms with E-state index in [1.165, 1.54) is 5.01 Å². The van der Waals surface area contributed by atoms with Crippen molar-refractivity contribution in [2.45, 2.75) is 93.9 Å². The molecule has 1 aliphatic rings. The fourth-order valence-corrected chi connectivity index (χ4v) is 10.3. The van der Waals surface area contributed by atoms with Gasteiger partial charge in [-0.3, -0.25) is 14.6 Å². The summed E-state index contributed by atoms with van der Waals surface area (Å²) in [6.45, 7) is 13.2. The van der Waals surface area contributed by atoms with Crippen molar-refractivity contribution in [3.05, 3.63) is 60.7 Å². The van der Waals surface area contributed by atoms with E-state index in [0.29, 0.717) is 12.8 Å². The topological polar surface area (TPSA) is 106 Å². The van der Waals surface area contributed by atoms with Gasteiger partial charge in [0.1, 0.15) is 24.3 Å². The molecule has 9 nitrogen and oxygen atoms in total. The van der Waals surface area contributed by atoms with Crippen molar-refractivity contribution in [2.24, 2.45) is 0 Å². The first-order valence-corrected chi connectivity index (χ1v) is 18.0. The molecule has 1 heterocycles. The summed E-state index contributed by atoms with van der Waals surface area (Å²) in [5.41, 5.74) is 2.14. The molecule has 0 bridgehead atoms. The van der Waals surface area contributed by atoms with Gasteiger partial charge in [-0.1, -0.05) is 116 Å². The number of benzene rings is 2. The molecule has 3 rings (SSSR count). The molecule has 3 atom stereocenters. The number of nitrogens with zero attached hydrogens (tertiary/aromatic N) is 1. The smallest absolute Gasteiger partial charge is 0.408 e. The lowest BCUT2D eigenvalue weighted by Gasteiger charge is -2.46. The Morgan fingerprint density at radius 2 is 1.49 bits per heavy atom. The van der Waals surface area contributed by atoms with Crippen LogP contribution in [0.1, 0.15) is 61.3 Å². The Balaban J connectivity index is 2.00. The van der Waals surface area contributed by atoms with E-state index < -0.39 is 60.5 Å². The van der Waals surface area contributed by atoms with Crippen LogP contribution in [0.15, 0.2) is 60.7 Å². The minimum atomic E-state index is -3.12. The molecule has 2 N–H and O–H groups in total. The zero-order valence-electron chi connectivity index (χ0n) is 26.9. The number of hydrazine groups is 1. The molecule has 2 aromatic carbocycles. The zero-order valence-corrected chi connectivity index (χ0v) is 30.1. The van der Waals surface area contributed by atoms with Gasteiger partial charge in [0, 0.05) is 6.54 Å². The van der Waals surface area contributed by atoms with Crippen molar-refractivity contribution < 1.29 is 28.3 Å². The lowest BCUT2D eigenvalue weighted by Crippen LogP contribution is -2.70. The molecule has 1 saturated heterocycles. The van der Waals surface area contributed by atoms with Crippen LogP contribution in [-0.2, 0) is 23.5 Å². The van der Waals surface area contributed by atoms with Crippen molar-refractivity contribution in [2.75, 3.05) is 13.2 Å². The van der Waals surface area contributed by atoms with Crippen LogP contribution in [0.3, 0.4) is 0 Å². The highest BCUT2D eigenvalue weighted by Crippen LogP contribution is 2.38. The molecule has 13 heteroatoms. The number of alkyl halides is 3. The number of nitrogens with one attached hydrogen (secondary N) is 2. The van der Waals surface area contributed by atoms with Gasteiger partial charge in [-0.25, -0.2) is 10.2 Å². The summed E-state index contributed by atoms with van der Waals surface area (Å²) in [6, 6.07) is 18.0. The van der Waals surface area contributed by atoms with E-state index in [0.717, 1.165) is 10.4 Å². The maximum atomic E-state index is 14.2. The van der Waals surface area contributed by atoms with Gasteiger partial charge in [0.25, 0.3) is 14.2 Å². The van der Waals surface area contributed by atoms with E-state index in [-0.39, 0.29) is 11.6 Å². The molecule has 2 amide bonds. The molecule has 3 unspecified atom stereocenters. The van der Waals surface area contributed by atoms with Crippen molar-refractivity contribution in [3.8, 4) is 0 Å². The summed E-state index contributed by atoms with van der Waals surface area (Å²) >= 11 is 17.2. The highest BCUT2D eigenvalue weighted by molar-refractivity contribution is 6.99. The number of esters is 1. The highest BCUT2D eigenvalue weighted by Gasteiger charge is 2.52. The van der Waals surface area contributed by atoms with Crippen LogP contribution >= 0.6 is 34.8 Å². The molecule has 1 aliphatic heterocycles. The van der Waals surface area contributed by atoms with Crippen LogP contribution in [0.5, 0.6) is 0 Å². The van der Waals surface area contributed by atoms with E-state index in [1.54, 1.807) is 27.7 Å². The molecule has 248 valence electrons. The second kappa shape index (κ2) is 15.0. The van der Waals surface area contributed by atoms with Crippen LogP contribution in [0.4, 0.5) is 4.79 Å². The van der Waals surface area contributed by atoms with Crippen LogP contribution in [-0.4, -0.2) is 72.0 Å². The normalized spacial score (nSPS) is 17.6. The number of carbonyl (C=O) groups excluding carboxylic acids is 3. The number of ether oxygens (including phenoxy) is 2. The molecule has 0 aromatic heterocycles. The third-order valence-corrected chi connectivity index (χ3v) is 12.8. The minimum Gasteiger partial charge on any atom is -0.460 e. The van der Waals surface area contributed by atoms with E-state index >= 15 is 0 Å². The van der Waals surface area contributed by atoms with Crippen LogP contribution in [0.25, 0.3) is 0 Å². The van der Waals surface area contributed by atoms with Crippen LogP contribution < -0.4 is 21.1 Å². The largest absolute Gasteiger partial charge is 0.460 e. The lowest BCUT2D eigenvalue weighted by molar-refractivity contribution is -0.153. The predicted molar refractivity (Wildman–Crippen MR) is 180 cm³/mol. The van der Waals surface area contributed by atoms with Crippen LogP contribution in [0.2, 0.25) is 5.04 Å². The summed E-state index contributed by atoms with van der Waals surface area (Å²) in [5.74, 6) is -1.16. The Hall–Kier alpha value is -2.34. The lowest BCUT2D eigenvalue weighted by atomic mass is 10.1. The Morgan fingerprint density at radius 3 is 1.96 bits per heavy atom. The number of carbonyl (C=O) groups is 3. The summed E-state index contributed by atoms with van der Waals surface area (Å²) in [5, 5.41) is 5.75. The van der Waals surface area contributed by atoms with Crippen molar-refractivity contribution in [1.29, 1.82) is 0 Å².